The molecule has 1 aromatic carbocycles. The van der Waals surface area contributed by atoms with Gasteiger partial charge in [0.2, 0.25) is 0 Å². The lowest BCUT2D eigenvalue weighted by atomic mass is 9.83. The van der Waals surface area contributed by atoms with Gasteiger partial charge in [-0.2, -0.15) is 0 Å². The number of rotatable bonds is 10. The quantitative estimate of drug-likeness (QED) is 0.450. The van der Waals surface area contributed by atoms with Gasteiger partial charge in [-0.3, -0.25) is 0 Å². The third-order valence-corrected chi connectivity index (χ3v) is 7.42. The van der Waals surface area contributed by atoms with Crippen molar-refractivity contribution in [2.45, 2.75) is 51.2 Å². The lowest BCUT2D eigenvalue weighted by Crippen LogP contribution is -2.64. The maximum Gasteiger partial charge on any atom is 0.115 e. The van der Waals surface area contributed by atoms with E-state index in [1.54, 1.807) is 0 Å². The van der Waals surface area contributed by atoms with Crippen LogP contribution in [0.3, 0.4) is 0 Å². The molecule has 0 radical (unpaired) electrons. The Labute approximate surface area is 181 Å². The average molecular weight is 413 g/mol. The van der Waals surface area contributed by atoms with Crippen LogP contribution in [0, 0.1) is 11.8 Å². The number of aliphatic hydroxyl groups excluding tert-OH is 1. The third-order valence-electron chi connectivity index (χ3n) is 7.42. The highest BCUT2D eigenvalue weighted by atomic mass is 16.5. The highest BCUT2D eigenvalue weighted by Crippen LogP contribution is 2.36. The first-order valence-corrected chi connectivity index (χ1v) is 11.9. The second-order valence-corrected chi connectivity index (χ2v) is 9.40. The van der Waals surface area contributed by atoms with E-state index < -0.39 is 6.10 Å². The molecule has 0 saturated carbocycles. The average Bonchev–Trinajstić information content (AvgIpc) is 2.82. The first-order valence-electron chi connectivity index (χ1n) is 11.9. The van der Waals surface area contributed by atoms with Crippen LogP contribution in [0.1, 0.15) is 50.7 Å². The zero-order chi connectivity index (χ0) is 20.8. The Hall–Kier alpha value is -1.62. The van der Waals surface area contributed by atoms with Crippen LogP contribution >= 0.6 is 0 Å². The van der Waals surface area contributed by atoms with E-state index in [1.807, 2.05) is 30.3 Å². The van der Waals surface area contributed by atoms with Crippen molar-refractivity contribution in [3.63, 3.8) is 0 Å². The summed E-state index contributed by atoms with van der Waals surface area (Å²) in [5.41, 5.74) is 0.941. The Morgan fingerprint density at radius 1 is 1.17 bits per heavy atom. The van der Waals surface area contributed by atoms with Gasteiger partial charge in [0.25, 0.3) is 0 Å². The molecular formula is C26H38NO3+. The maximum absolute atomic E-state index is 10.5. The van der Waals surface area contributed by atoms with Crippen molar-refractivity contribution in [1.82, 2.24) is 0 Å². The van der Waals surface area contributed by atoms with E-state index in [4.69, 9.17) is 9.47 Å². The topological polar surface area (TPSA) is 38.7 Å². The van der Waals surface area contributed by atoms with Crippen molar-refractivity contribution in [2.24, 2.45) is 11.8 Å². The predicted octanol–water partition coefficient (Wildman–Crippen LogP) is 4.62. The molecule has 4 heteroatoms. The van der Waals surface area contributed by atoms with Crippen molar-refractivity contribution in [1.29, 1.82) is 0 Å². The van der Waals surface area contributed by atoms with E-state index in [1.165, 1.54) is 43.4 Å². The summed E-state index contributed by atoms with van der Waals surface area (Å²) in [4.78, 5) is 0. The maximum atomic E-state index is 10.5. The number of benzene rings is 1. The second kappa shape index (κ2) is 10.1. The molecule has 0 amide bonds. The molecule has 3 atom stereocenters. The first-order chi connectivity index (χ1) is 14.7. The van der Waals surface area contributed by atoms with E-state index in [9.17, 15) is 5.11 Å². The predicted molar refractivity (Wildman–Crippen MR) is 120 cm³/mol. The van der Waals surface area contributed by atoms with Gasteiger partial charge >= 0.3 is 0 Å². The number of ether oxygens (including phenoxy) is 2. The molecular weight excluding hydrogens is 374 g/mol. The highest BCUT2D eigenvalue weighted by molar-refractivity contribution is 5.18. The van der Waals surface area contributed by atoms with Crippen LogP contribution in [0.25, 0.3) is 0 Å². The molecule has 3 heterocycles. The normalized spacial score (nSPS) is 31.4. The molecule has 1 aliphatic carbocycles. The third kappa shape index (κ3) is 5.35. The van der Waals surface area contributed by atoms with Gasteiger partial charge in [0.15, 0.2) is 0 Å². The molecule has 164 valence electrons. The Morgan fingerprint density at radius 3 is 2.67 bits per heavy atom. The SMILES string of the molecule is CCC1C=CC(OCCC[N+]23CCC(CC2)[C@@H](OC[C@H](O)c2ccccc2)C3)=CC1. The number of hydrogen-bond acceptors (Lipinski definition) is 3. The highest BCUT2D eigenvalue weighted by Gasteiger charge is 2.46. The van der Waals surface area contributed by atoms with Crippen molar-refractivity contribution in [3.05, 3.63) is 59.9 Å². The van der Waals surface area contributed by atoms with Crippen LogP contribution < -0.4 is 0 Å². The molecule has 30 heavy (non-hydrogen) atoms. The Balaban J connectivity index is 1.21. The Kier molecular flexibility index (Phi) is 7.29. The van der Waals surface area contributed by atoms with E-state index in [2.05, 4.69) is 25.2 Å². The monoisotopic (exact) mass is 412 g/mol. The summed E-state index contributed by atoms with van der Waals surface area (Å²) in [6, 6.07) is 9.85. The summed E-state index contributed by atoms with van der Waals surface area (Å²) in [5.74, 6) is 2.39. The molecule has 3 saturated heterocycles. The summed E-state index contributed by atoms with van der Waals surface area (Å²) in [6.07, 6.45) is 12.3. The molecule has 2 bridgehead atoms. The summed E-state index contributed by atoms with van der Waals surface area (Å²) in [7, 11) is 0. The Morgan fingerprint density at radius 2 is 1.97 bits per heavy atom. The van der Waals surface area contributed by atoms with Crippen molar-refractivity contribution in [2.75, 3.05) is 39.4 Å². The van der Waals surface area contributed by atoms with Crippen molar-refractivity contribution in [3.8, 4) is 0 Å². The number of hydrogen-bond donors (Lipinski definition) is 1. The number of aliphatic hydroxyl groups is 1. The minimum absolute atomic E-state index is 0.279. The molecule has 3 aliphatic heterocycles. The lowest BCUT2D eigenvalue weighted by Gasteiger charge is -2.52. The van der Waals surface area contributed by atoms with Gasteiger partial charge in [-0.1, -0.05) is 43.3 Å². The standard InChI is InChI=1S/C26H38NO3/c1-2-21-9-11-24(12-10-21)29-18-6-15-27-16-13-23(14-17-27)26(19-27)30-20-25(28)22-7-4-3-5-8-22/h3-5,7-9,11-12,21,23,25-26,28H,2,6,10,13-20H2,1H3/q+1/t21?,23?,25-,26-,27?/m0/s1. The van der Waals surface area contributed by atoms with Gasteiger partial charge in [-0.25, -0.2) is 0 Å². The molecule has 1 aromatic rings. The largest absolute Gasteiger partial charge is 0.494 e. The molecule has 4 nitrogen and oxygen atoms in total. The van der Waals surface area contributed by atoms with E-state index in [-0.39, 0.29) is 6.10 Å². The number of piperidine rings is 3. The fourth-order valence-electron chi connectivity index (χ4n) is 5.36. The Bertz CT molecular complexity index is 721. The van der Waals surface area contributed by atoms with Gasteiger partial charge in [-0.05, 0) is 36.5 Å². The summed E-state index contributed by atoms with van der Waals surface area (Å²) >= 11 is 0. The van der Waals surface area contributed by atoms with E-state index in [0.717, 1.165) is 37.3 Å². The molecule has 0 aromatic heterocycles. The number of quaternary nitrogens is 1. The van der Waals surface area contributed by atoms with E-state index in [0.29, 0.717) is 18.4 Å². The molecule has 5 rings (SSSR count). The fourth-order valence-corrected chi connectivity index (χ4v) is 5.36. The molecule has 0 spiro atoms. The lowest BCUT2D eigenvalue weighted by molar-refractivity contribution is -0.946. The summed E-state index contributed by atoms with van der Waals surface area (Å²) in [6.45, 7) is 8.24. The van der Waals surface area contributed by atoms with Crippen LogP contribution in [0.4, 0.5) is 0 Å². The second-order valence-electron chi connectivity index (χ2n) is 9.40. The zero-order valence-electron chi connectivity index (χ0n) is 18.4. The van der Waals surface area contributed by atoms with Crippen LogP contribution in [-0.4, -0.2) is 55.1 Å². The van der Waals surface area contributed by atoms with Gasteiger partial charge in [-0.15, -0.1) is 0 Å². The van der Waals surface area contributed by atoms with Gasteiger partial charge in [0, 0.05) is 25.2 Å². The van der Waals surface area contributed by atoms with Crippen LogP contribution in [0.5, 0.6) is 0 Å². The van der Waals surface area contributed by atoms with Crippen molar-refractivity contribution >= 4 is 0 Å². The minimum atomic E-state index is -0.535. The molecule has 1 unspecified atom stereocenters. The number of fused-ring (bicyclic) bond motifs is 3. The summed E-state index contributed by atoms with van der Waals surface area (Å²) in [5, 5.41) is 10.5. The van der Waals surface area contributed by atoms with Crippen LogP contribution in [-0.2, 0) is 9.47 Å². The number of nitrogens with zero attached hydrogens (tertiary/aromatic N) is 1. The molecule has 1 N–H and O–H groups in total. The first kappa shape index (κ1) is 21.6. The van der Waals surface area contributed by atoms with Crippen LogP contribution in [0.2, 0.25) is 0 Å². The fraction of sp³-hybridized carbons (Fsp3) is 0.615. The van der Waals surface area contributed by atoms with Crippen LogP contribution in [0.15, 0.2) is 54.3 Å². The van der Waals surface area contributed by atoms with Gasteiger partial charge in [0.1, 0.15) is 24.5 Å². The van der Waals surface area contributed by atoms with Crippen molar-refractivity contribution < 1.29 is 19.1 Å². The minimum Gasteiger partial charge on any atom is -0.494 e. The molecule has 3 fully saturated rings. The van der Waals surface area contributed by atoms with E-state index >= 15 is 0 Å². The summed E-state index contributed by atoms with van der Waals surface area (Å²) < 4.78 is 13.5. The molecule has 4 aliphatic rings. The van der Waals surface area contributed by atoms with Gasteiger partial charge in [0.05, 0.1) is 32.8 Å². The zero-order valence-corrected chi connectivity index (χ0v) is 18.4. The number of allylic oxidation sites excluding steroid dienone is 3. The van der Waals surface area contributed by atoms with Gasteiger partial charge < -0.3 is 19.1 Å². The smallest absolute Gasteiger partial charge is 0.115 e.